The zero-order valence-corrected chi connectivity index (χ0v) is 13.3. The lowest BCUT2D eigenvalue weighted by Gasteiger charge is -2.19. The van der Waals surface area contributed by atoms with E-state index in [0.29, 0.717) is 36.6 Å². The van der Waals surface area contributed by atoms with Crippen molar-refractivity contribution in [2.45, 2.75) is 26.2 Å². The van der Waals surface area contributed by atoms with E-state index >= 15 is 0 Å². The topological polar surface area (TPSA) is 87.7 Å². The van der Waals surface area contributed by atoms with Crippen LogP contribution in [0.3, 0.4) is 0 Å². The molecule has 0 atom stereocenters. The molecule has 2 N–H and O–H groups in total. The molecule has 3 amide bonds. The zero-order chi connectivity index (χ0) is 16.8. The van der Waals surface area contributed by atoms with E-state index in [1.165, 1.54) is 7.11 Å². The van der Waals surface area contributed by atoms with Crippen molar-refractivity contribution in [3.8, 4) is 5.75 Å². The largest absolute Gasteiger partial charge is 0.494 e. The Hall–Kier alpha value is -2.57. The number of nitrogens with zero attached hydrogens (tertiary/aromatic N) is 1. The van der Waals surface area contributed by atoms with Crippen LogP contribution in [0.2, 0.25) is 0 Å². The van der Waals surface area contributed by atoms with E-state index in [2.05, 4.69) is 10.6 Å². The third-order valence-electron chi connectivity index (χ3n) is 3.54. The van der Waals surface area contributed by atoms with Gasteiger partial charge in [-0.25, -0.2) is 0 Å². The Labute approximate surface area is 135 Å². The standard InChI is InChI=1S/C16H21N3O4/c1-3-8-17-15(21)16(22)18-11-6-7-12(13(10-11)23-2)19-9-4-5-14(19)20/h6-7,10H,3-5,8-9H2,1-2H3,(H,17,21)(H,18,22). The molecule has 1 fully saturated rings. The molecule has 0 radical (unpaired) electrons. The smallest absolute Gasteiger partial charge is 0.313 e. The molecule has 1 aromatic rings. The van der Waals surface area contributed by atoms with Crippen LogP contribution in [0.5, 0.6) is 5.75 Å². The highest BCUT2D eigenvalue weighted by atomic mass is 16.5. The number of carbonyl (C=O) groups is 3. The van der Waals surface area contributed by atoms with Gasteiger partial charge >= 0.3 is 11.8 Å². The van der Waals surface area contributed by atoms with Crippen LogP contribution in [-0.4, -0.2) is 37.9 Å². The second-order valence-corrected chi connectivity index (χ2v) is 5.25. The Kier molecular flexibility index (Phi) is 5.56. The number of anilines is 2. The third-order valence-corrected chi connectivity index (χ3v) is 3.54. The van der Waals surface area contributed by atoms with Crippen molar-refractivity contribution in [1.29, 1.82) is 0 Å². The summed E-state index contributed by atoms with van der Waals surface area (Å²) in [5.74, 6) is -0.874. The first-order valence-electron chi connectivity index (χ1n) is 7.64. The summed E-state index contributed by atoms with van der Waals surface area (Å²) in [6, 6.07) is 4.96. The minimum atomic E-state index is -0.731. The van der Waals surface area contributed by atoms with Crippen LogP contribution in [0.25, 0.3) is 0 Å². The lowest BCUT2D eigenvalue weighted by molar-refractivity contribution is -0.136. The molecule has 2 rings (SSSR count). The van der Waals surface area contributed by atoms with Gasteiger partial charge in [0.1, 0.15) is 5.75 Å². The molecule has 0 aliphatic carbocycles. The Morgan fingerprint density at radius 2 is 2.09 bits per heavy atom. The fraction of sp³-hybridized carbons (Fsp3) is 0.438. The van der Waals surface area contributed by atoms with Crippen molar-refractivity contribution in [3.05, 3.63) is 18.2 Å². The van der Waals surface area contributed by atoms with E-state index in [-0.39, 0.29) is 5.91 Å². The average molecular weight is 319 g/mol. The summed E-state index contributed by atoms with van der Waals surface area (Å²) in [5.41, 5.74) is 1.11. The van der Waals surface area contributed by atoms with E-state index in [1.54, 1.807) is 23.1 Å². The van der Waals surface area contributed by atoms with Gasteiger partial charge in [0.15, 0.2) is 0 Å². The van der Waals surface area contributed by atoms with Crippen molar-refractivity contribution in [2.75, 3.05) is 30.4 Å². The minimum absolute atomic E-state index is 0.0547. The first kappa shape index (κ1) is 16.8. The van der Waals surface area contributed by atoms with Crippen LogP contribution in [0.1, 0.15) is 26.2 Å². The Balaban J connectivity index is 2.11. The van der Waals surface area contributed by atoms with Gasteiger partial charge in [0.05, 0.1) is 12.8 Å². The molecule has 0 aromatic heterocycles. The van der Waals surface area contributed by atoms with Crippen LogP contribution in [0.15, 0.2) is 18.2 Å². The molecule has 1 aromatic carbocycles. The molecule has 0 saturated carbocycles. The second kappa shape index (κ2) is 7.62. The summed E-state index contributed by atoms with van der Waals surface area (Å²) in [4.78, 5) is 36.9. The Morgan fingerprint density at radius 1 is 1.30 bits per heavy atom. The highest BCUT2D eigenvalue weighted by Gasteiger charge is 2.24. The van der Waals surface area contributed by atoms with Gasteiger partial charge < -0.3 is 20.3 Å². The van der Waals surface area contributed by atoms with Gasteiger partial charge in [0.25, 0.3) is 0 Å². The van der Waals surface area contributed by atoms with E-state index in [4.69, 9.17) is 4.74 Å². The fourth-order valence-electron chi connectivity index (χ4n) is 2.39. The van der Waals surface area contributed by atoms with Crippen molar-refractivity contribution in [2.24, 2.45) is 0 Å². The molecule has 124 valence electrons. The van der Waals surface area contributed by atoms with Crippen LogP contribution in [0.4, 0.5) is 11.4 Å². The minimum Gasteiger partial charge on any atom is -0.494 e. The zero-order valence-electron chi connectivity index (χ0n) is 13.3. The van der Waals surface area contributed by atoms with Gasteiger partial charge in [-0.05, 0) is 25.0 Å². The number of methoxy groups -OCH3 is 1. The number of carbonyl (C=O) groups excluding carboxylic acids is 3. The van der Waals surface area contributed by atoms with Crippen LogP contribution < -0.4 is 20.3 Å². The molecular weight excluding hydrogens is 298 g/mol. The van der Waals surface area contributed by atoms with Gasteiger partial charge in [-0.2, -0.15) is 0 Å². The first-order valence-corrected chi connectivity index (χ1v) is 7.64. The normalized spacial score (nSPS) is 13.8. The predicted molar refractivity (Wildman–Crippen MR) is 86.5 cm³/mol. The summed E-state index contributed by atoms with van der Waals surface area (Å²) in [5, 5.41) is 5.03. The number of ether oxygens (including phenoxy) is 1. The van der Waals surface area contributed by atoms with E-state index < -0.39 is 11.8 Å². The maximum atomic E-state index is 11.8. The maximum absolute atomic E-state index is 11.8. The molecule has 7 heteroatoms. The fourth-order valence-corrected chi connectivity index (χ4v) is 2.39. The van der Waals surface area contributed by atoms with Crippen LogP contribution >= 0.6 is 0 Å². The van der Waals surface area contributed by atoms with Gasteiger partial charge in [-0.3, -0.25) is 14.4 Å². The molecule has 1 aliphatic rings. The maximum Gasteiger partial charge on any atom is 0.313 e. The van der Waals surface area contributed by atoms with Gasteiger partial charge in [-0.1, -0.05) is 6.92 Å². The Morgan fingerprint density at radius 3 is 2.70 bits per heavy atom. The summed E-state index contributed by atoms with van der Waals surface area (Å²) in [7, 11) is 1.50. The van der Waals surface area contributed by atoms with Crippen LogP contribution in [0, 0.1) is 0 Å². The summed E-state index contributed by atoms with van der Waals surface area (Å²) in [6.45, 7) is 3.01. The number of nitrogens with one attached hydrogen (secondary N) is 2. The van der Waals surface area contributed by atoms with Crippen molar-refractivity contribution in [3.63, 3.8) is 0 Å². The number of amides is 3. The average Bonchev–Trinajstić information content (AvgIpc) is 2.98. The monoisotopic (exact) mass is 319 g/mol. The highest BCUT2D eigenvalue weighted by Crippen LogP contribution is 2.33. The molecule has 23 heavy (non-hydrogen) atoms. The number of hydrogen-bond acceptors (Lipinski definition) is 4. The highest BCUT2D eigenvalue weighted by molar-refractivity contribution is 6.39. The summed E-state index contributed by atoms with van der Waals surface area (Å²) in [6.07, 6.45) is 2.10. The lowest BCUT2D eigenvalue weighted by atomic mass is 10.2. The molecule has 0 unspecified atom stereocenters. The first-order chi connectivity index (χ1) is 11.1. The molecule has 0 bridgehead atoms. The van der Waals surface area contributed by atoms with Gasteiger partial charge in [-0.15, -0.1) is 0 Å². The van der Waals surface area contributed by atoms with Crippen LogP contribution in [-0.2, 0) is 14.4 Å². The molecule has 0 spiro atoms. The molecule has 1 aliphatic heterocycles. The molecule has 1 heterocycles. The van der Waals surface area contributed by atoms with Crippen molar-refractivity contribution >= 4 is 29.1 Å². The number of rotatable bonds is 5. The number of benzene rings is 1. The third kappa shape index (κ3) is 4.00. The lowest BCUT2D eigenvalue weighted by Crippen LogP contribution is -2.35. The van der Waals surface area contributed by atoms with E-state index in [9.17, 15) is 14.4 Å². The quantitative estimate of drug-likeness (QED) is 0.801. The van der Waals surface area contributed by atoms with Crippen molar-refractivity contribution < 1.29 is 19.1 Å². The molecular formula is C16H21N3O4. The summed E-state index contributed by atoms with van der Waals surface area (Å²) >= 11 is 0. The predicted octanol–water partition coefficient (Wildman–Crippen LogP) is 1.29. The summed E-state index contributed by atoms with van der Waals surface area (Å²) < 4.78 is 5.31. The van der Waals surface area contributed by atoms with Crippen molar-refractivity contribution in [1.82, 2.24) is 5.32 Å². The van der Waals surface area contributed by atoms with E-state index in [0.717, 1.165) is 12.8 Å². The second-order valence-electron chi connectivity index (χ2n) is 5.25. The van der Waals surface area contributed by atoms with E-state index in [1.807, 2.05) is 6.92 Å². The van der Waals surface area contributed by atoms with Gasteiger partial charge in [0.2, 0.25) is 5.91 Å². The SMILES string of the molecule is CCCNC(=O)C(=O)Nc1ccc(N2CCCC2=O)c(OC)c1. The van der Waals surface area contributed by atoms with Gasteiger partial charge in [0, 0.05) is 31.3 Å². The number of hydrogen-bond donors (Lipinski definition) is 2. The Bertz CT molecular complexity index is 615. The molecule has 7 nitrogen and oxygen atoms in total. The molecule has 1 saturated heterocycles.